The Morgan fingerprint density at radius 1 is 1.18 bits per heavy atom. The average molecular weight is 240 g/mol. The van der Waals surface area contributed by atoms with Gasteiger partial charge in [0.1, 0.15) is 0 Å². The summed E-state index contributed by atoms with van der Waals surface area (Å²) >= 11 is 0. The zero-order chi connectivity index (χ0) is 12.3. The van der Waals surface area contributed by atoms with E-state index in [-0.39, 0.29) is 30.5 Å². The lowest BCUT2D eigenvalue weighted by Crippen LogP contribution is -2.47. The first-order chi connectivity index (χ1) is 8.24. The van der Waals surface area contributed by atoms with Gasteiger partial charge < -0.3 is 15.7 Å². The second-order valence-corrected chi connectivity index (χ2v) is 5.42. The van der Waals surface area contributed by atoms with Crippen molar-refractivity contribution in [2.45, 2.75) is 57.0 Å². The normalized spacial score (nSPS) is 34.7. The minimum atomic E-state index is 0.00199. The third kappa shape index (κ3) is 2.80. The van der Waals surface area contributed by atoms with Crippen molar-refractivity contribution in [3.63, 3.8) is 0 Å². The van der Waals surface area contributed by atoms with Crippen LogP contribution in [0.15, 0.2) is 0 Å². The molecule has 4 heteroatoms. The van der Waals surface area contributed by atoms with Crippen LogP contribution in [0.25, 0.3) is 0 Å². The van der Waals surface area contributed by atoms with Gasteiger partial charge in [0.2, 0.25) is 5.91 Å². The number of rotatable bonds is 2. The minimum absolute atomic E-state index is 0.00199. The molecule has 1 saturated carbocycles. The number of nitrogens with two attached hydrogens (primary N) is 1. The Labute approximate surface area is 103 Å². The summed E-state index contributed by atoms with van der Waals surface area (Å²) in [6.45, 7) is 0.890. The SMILES string of the molecule is NC1CCCC1C(=O)N1CCCCCC1CO. The first-order valence-electron chi connectivity index (χ1n) is 6.91. The monoisotopic (exact) mass is 240 g/mol. The molecule has 0 spiro atoms. The number of hydrogen-bond donors (Lipinski definition) is 2. The van der Waals surface area contributed by atoms with E-state index in [9.17, 15) is 9.90 Å². The molecule has 3 N–H and O–H groups in total. The predicted molar refractivity (Wildman–Crippen MR) is 66.4 cm³/mol. The van der Waals surface area contributed by atoms with Gasteiger partial charge in [-0.25, -0.2) is 0 Å². The van der Waals surface area contributed by atoms with Crippen molar-refractivity contribution in [1.29, 1.82) is 0 Å². The minimum Gasteiger partial charge on any atom is -0.394 e. The highest BCUT2D eigenvalue weighted by Crippen LogP contribution is 2.28. The van der Waals surface area contributed by atoms with Gasteiger partial charge in [-0.3, -0.25) is 4.79 Å². The highest BCUT2D eigenvalue weighted by Gasteiger charge is 2.35. The number of nitrogens with zero attached hydrogens (tertiary/aromatic N) is 1. The van der Waals surface area contributed by atoms with Crippen LogP contribution in [0.4, 0.5) is 0 Å². The predicted octanol–water partition coefficient (Wildman–Crippen LogP) is 0.877. The molecular formula is C13H24N2O2. The first-order valence-corrected chi connectivity index (χ1v) is 6.91. The van der Waals surface area contributed by atoms with E-state index < -0.39 is 0 Å². The number of amides is 1. The van der Waals surface area contributed by atoms with E-state index in [2.05, 4.69) is 0 Å². The number of hydrogen-bond acceptors (Lipinski definition) is 3. The molecule has 98 valence electrons. The molecule has 17 heavy (non-hydrogen) atoms. The van der Waals surface area contributed by atoms with Crippen molar-refractivity contribution < 1.29 is 9.90 Å². The summed E-state index contributed by atoms with van der Waals surface area (Å²) < 4.78 is 0. The molecule has 1 saturated heterocycles. The maximum atomic E-state index is 12.5. The van der Waals surface area contributed by atoms with Gasteiger partial charge >= 0.3 is 0 Å². The van der Waals surface area contributed by atoms with Crippen molar-refractivity contribution in [3.8, 4) is 0 Å². The highest BCUT2D eigenvalue weighted by atomic mass is 16.3. The van der Waals surface area contributed by atoms with Crippen LogP contribution >= 0.6 is 0 Å². The molecule has 1 heterocycles. The van der Waals surface area contributed by atoms with Crippen LogP contribution in [0.3, 0.4) is 0 Å². The van der Waals surface area contributed by atoms with Crippen molar-refractivity contribution >= 4 is 5.91 Å². The maximum Gasteiger partial charge on any atom is 0.227 e. The van der Waals surface area contributed by atoms with Crippen LogP contribution in [0.2, 0.25) is 0 Å². The number of carbonyl (C=O) groups is 1. The van der Waals surface area contributed by atoms with Gasteiger partial charge in [-0.05, 0) is 25.7 Å². The van der Waals surface area contributed by atoms with E-state index in [1.807, 2.05) is 4.90 Å². The lowest BCUT2D eigenvalue weighted by Gasteiger charge is -2.32. The average Bonchev–Trinajstić information content (AvgIpc) is 2.64. The van der Waals surface area contributed by atoms with Crippen molar-refractivity contribution in [1.82, 2.24) is 4.90 Å². The van der Waals surface area contributed by atoms with Gasteiger partial charge in [0.25, 0.3) is 0 Å². The summed E-state index contributed by atoms with van der Waals surface area (Å²) in [4.78, 5) is 14.4. The molecule has 1 aliphatic carbocycles. The van der Waals surface area contributed by atoms with E-state index in [0.29, 0.717) is 0 Å². The van der Waals surface area contributed by atoms with Gasteiger partial charge in [-0.1, -0.05) is 19.3 Å². The van der Waals surface area contributed by atoms with E-state index >= 15 is 0 Å². The Bertz CT molecular complexity index is 270. The molecule has 4 nitrogen and oxygen atoms in total. The molecule has 0 aromatic carbocycles. The fourth-order valence-corrected chi connectivity index (χ4v) is 3.17. The lowest BCUT2D eigenvalue weighted by molar-refractivity contribution is -0.139. The highest BCUT2D eigenvalue weighted by molar-refractivity contribution is 5.80. The number of aliphatic hydroxyl groups is 1. The van der Waals surface area contributed by atoms with Crippen molar-refractivity contribution in [3.05, 3.63) is 0 Å². The van der Waals surface area contributed by atoms with Crippen LogP contribution in [0.1, 0.15) is 44.9 Å². The molecule has 0 bridgehead atoms. The third-order valence-electron chi connectivity index (χ3n) is 4.26. The summed E-state index contributed by atoms with van der Waals surface area (Å²) in [7, 11) is 0. The van der Waals surface area contributed by atoms with Crippen LogP contribution in [0, 0.1) is 5.92 Å². The third-order valence-corrected chi connectivity index (χ3v) is 4.26. The van der Waals surface area contributed by atoms with E-state index in [4.69, 9.17) is 5.73 Å². The smallest absolute Gasteiger partial charge is 0.227 e. The first kappa shape index (κ1) is 12.8. The van der Waals surface area contributed by atoms with Crippen molar-refractivity contribution in [2.24, 2.45) is 11.7 Å². The summed E-state index contributed by atoms with van der Waals surface area (Å²) in [5.41, 5.74) is 6.00. The summed E-state index contributed by atoms with van der Waals surface area (Å²) in [5, 5.41) is 9.42. The van der Waals surface area contributed by atoms with E-state index in [0.717, 1.165) is 51.5 Å². The van der Waals surface area contributed by atoms with Crippen molar-refractivity contribution in [2.75, 3.05) is 13.2 Å². The number of likely N-dealkylation sites (tertiary alicyclic amines) is 1. The molecule has 2 aliphatic rings. The van der Waals surface area contributed by atoms with Crippen LogP contribution in [0.5, 0.6) is 0 Å². The Kier molecular flexibility index (Phi) is 4.40. The van der Waals surface area contributed by atoms with Crippen LogP contribution in [-0.4, -0.2) is 41.1 Å². The Balaban J connectivity index is 2.04. The molecule has 0 aromatic heterocycles. The number of carbonyl (C=O) groups excluding carboxylic acids is 1. The molecule has 0 aromatic rings. The molecule has 1 aliphatic heterocycles. The zero-order valence-corrected chi connectivity index (χ0v) is 10.5. The lowest BCUT2D eigenvalue weighted by atomic mass is 10.0. The molecule has 0 radical (unpaired) electrons. The van der Waals surface area contributed by atoms with E-state index in [1.165, 1.54) is 0 Å². The number of aliphatic hydroxyl groups excluding tert-OH is 1. The molecule has 3 unspecified atom stereocenters. The largest absolute Gasteiger partial charge is 0.394 e. The van der Waals surface area contributed by atoms with E-state index in [1.54, 1.807) is 0 Å². The fraction of sp³-hybridized carbons (Fsp3) is 0.923. The molecule has 1 amide bonds. The van der Waals surface area contributed by atoms with Crippen LogP contribution in [-0.2, 0) is 4.79 Å². The Morgan fingerprint density at radius 3 is 2.65 bits per heavy atom. The van der Waals surface area contributed by atoms with Gasteiger partial charge in [-0.15, -0.1) is 0 Å². The Hall–Kier alpha value is -0.610. The second-order valence-electron chi connectivity index (χ2n) is 5.42. The maximum absolute atomic E-state index is 12.5. The molecular weight excluding hydrogens is 216 g/mol. The van der Waals surface area contributed by atoms with Gasteiger partial charge in [0, 0.05) is 12.6 Å². The molecule has 2 fully saturated rings. The summed E-state index contributed by atoms with van der Waals surface area (Å²) in [6.07, 6.45) is 7.23. The standard InChI is InChI=1S/C13H24N2O2/c14-12-7-4-6-11(12)13(17)15-8-3-1-2-5-10(15)9-16/h10-12,16H,1-9,14H2. The van der Waals surface area contributed by atoms with Gasteiger partial charge in [0.15, 0.2) is 0 Å². The van der Waals surface area contributed by atoms with Gasteiger partial charge in [0.05, 0.1) is 18.6 Å². The fourth-order valence-electron chi connectivity index (χ4n) is 3.17. The summed E-state index contributed by atoms with van der Waals surface area (Å²) in [6, 6.07) is 0.0582. The quantitative estimate of drug-likeness (QED) is 0.753. The molecule has 2 rings (SSSR count). The topological polar surface area (TPSA) is 66.6 Å². The summed E-state index contributed by atoms with van der Waals surface area (Å²) in [5.74, 6) is 0.193. The van der Waals surface area contributed by atoms with Gasteiger partial charge in [-0.2, -0.15) is 0 Å². The molecule has 3 atom stereocenters. The Morgan fingerprint density at radius 2 is 2.00 bits per heavy atom. The second kappa shape index (κ2) is 5.83. The van der Waals surface area contributed by atoms with Crippen LogP contribution < -0.4 is 5.73 Å². The zero-order valence-electron chi connectivity index (χ0n) is 10.5.